The fraction of sp³-hybridized carbons (Fsp3) is 0.550. The zero-order valence-electron chi connectivity index (χ0n) is 16.5. The van der Waals surface area contributed by atoms with Gasteiger partial charge < -0.3 is 10.1 Å². The maximum Gasteiger partial charge on any atom is 0.407 e. The molecule has 1 radical (unpaired) electrons. The number of amides is 1. The highest BCUT2D eigenvalue weighted by Crippen LogP contribution is 2.34. The molecule has 2 heterocycles. The standard InChI is InChI=1S/C20H26BrN4O2/c1-12(2)25-17-15(10-22-11-16(17)18(21)24-25)13-6-8-14(9-7-13)23-19(26)27-20(3,4)5/h6,10,12,14H,7-9H2,1-5H3,(H,23,26). The van der Waals surface area contributed by atoms with Crippen molar-refractivity contribution >= 4 is 38.5 Å². The number of ether oxygens (including phenoxy) is 1. The molecule has 145 valence electrons. The van der Waals surface area contributed by atoms with Crippen LogP contribution in [0.5, 0.6) is 0 Å². The monoisotopic (exact) mass is 433 g/mol. The van der Waals surface area contributed by atoms with Gasteiger partial charge in [-0.2, -0.15) is 5.10 Å². The Hall–Kier alpha value is -1.89. The third-order valence-electron chi connectivity index (χ3n) is 4.46. The smallest absolute Gasteiger partial charge is 0.407 e. The number of nitrogens with one attached hydrogen (secondary N) is 1. The number of rotatable bonds is 3. The minimum atomic E-state index is -0.486. The summed E-state index contributed by atoms with van der Waals surface area (Å²) < 4.78 is 8.13. The Morgan fingerprint density at radius 2 is 2.19 bits per heavy atom. The Morgan fingerprint density at radius 1 is 1.44 bits per heavy atom. The number of carbonyl (C=O) groups is 1. The van der Waals surface area contributed by atoms with Crippen LogP contribution in [-0.2, 0) is 4.74 Å². The Labute approximate surface area is 168 Å². The topological polar surface area (TPSA) is 69.0 Å². The molecular formula is C20H26BrN4O2. The average Bonchev–Trinajstić information content (AvgIpc) is 2.91. The van der Waals surface area contributed by atoms with Gasteiger partial charge in [-0.1, -0.05) is 6.08 Å². The molecule has 1 atom stereocenters. The van der Waals surface area contributed by atoms with E-state index >= 15 is 0 Å². The minimum Gasteiger partial charge on any atom is -0.444 e. The molecule has 0 saturated heterocycles. The summed E-state index contributed by atoms with van der Waals surface area (Å²) >= 11 is 3.52. The lowest BCUT2D eigenvalue weighted by Crippen LogP contribution is -2.39. The Balaban J connectivity index is 1.81. The van der Waals surface area contributed by atoms with Crippen LogP contribution >= 0.6 is 15.9 Å². The molecule has 1 aliphatic rings. The molecule has 0 aliphatic heterocycles. The van der Waals surface area contributed by atoms with Crippen molar-refractivity contribution in [3.05, 3.63) is 28.6 Å². The summed E-state index contributed by atoms with van der Waals surface area (Å²) in [5.74, 6) is 0. The van der Waals surface area contributed by atoms with Crippen molar-refractivity contribution in [2.24, 2.45) is 0 Å². The van der Waals surface area contributed by atoms with Gasteiger partial charge in [0.2, 0.25) is 0 Å². The molecule has 2 aromatic heterocycles. The highest BCUT2D eigenvalue weighted by Gasteiger charge is 2.23. The maximum absolute atomic E-state index is 12.0. The summed E-state index contributed by atoms with van der Waals surface area (Å²) in [7, 11) is 0. The summed E-state index contributed by atoms with van der Waals surface area (Å²) in [6.07, 6.45) is 9.24. The Bertz CT molecular complexity index is 880. The first-order valence-corrected chi connectivity index (χ1v) is 10.1. The number of aromatic nitrogens is 3. The summed E-state index contributed by atoms with van der Waals surface area (Å²) in [6, 6.07) is 0.322. The van der Waals surface area contributed by atoms with Crippen LogP contribution in [-0.4, -0.2) is 32.5 Å². The van der Waals surface area contributed by atoms with E-state index in [4.69, 9.17) is 4.74 Å². The molecule has 1 unspecified atom stereocenters. The van der Waals surface area contributed by atoms with Crippen LogP contribution in [0.3, 0.4) is 0 Å². The van der Waals surface area contributed by atoms with Crippen molar-refractivity contribution < 1.29 is 9.53 Å². The van der Waals surface area contributed by atoms with Gasteiger partial charge in [-0.05, 0) is 75.4 Å². The quantitative estimate of drug-likeness (QED) is 0.735. The molecule has 0 spiro atoms. The number of hydrogen-bond donors (Lipinski definition) is 1. The van der Waals surface area contributed by atoms with Crippen LogP contribution in [0.15, 0.2) is 16.9 Å². The highest BCUT2D eigenvalue weighted by atomic mass is 79.9. The molecule has 7 heteroatoms. The van der Waals surface area contributed by atoms with E-state index in [9.17, 15) is 4.79 Å². The highest BCUT2D eigenvalue weighted by molar-refractivity contribution is 9.10. The van der Waals surface area contributed by atoms with Crippen molar-refractivity contribution in [3.8, 4) is 0 Å². The molecule has 27 heavy (non-hydrogen) atoms. The van der Waals surface area contributed by atoms with Gasteiger partial charge in [-0.25, -0.2) is 4.79 Å². The first-order chi connectivity index (χ1) is 12.7. The fourth-order valence-corrected chi connectivity index (χ4v) is 3.73. The van der Waals surface area contributed by atoms with Crippen LogP contribution in [0.25, 0.3) is 16.5 Å². The number of hydrogen-bond acceptors (Lipinski definition) is 4. The SMILES string of the molecule is CC(C)n1nc(Br)c2[c]ncc(C3=CCC(NC(=O)OC(C)(C)C)CC3)c21. The maximum atomic E-state index is 12.0. The van der Waals surface area contributed by atoms with Gasteiger partial charge in [0.05, 0.1) is 10.9 Å². The minimum absolute atomic E-state index is 0.0871. The van der Waals surface area contributed by atoms with Gasteiger partial charge in [0.25, 0.3) is 0 Å². The predicted octanol–water partition coefficient (Wildman–Crippen LogP) is 5.04. The van der Waals surface area contributed by atoms with Crippen molar-refractivity contribution in [2.75, 3.05) is 0 Å². The van der Waals surface area contributed by atoms with Crippen LogP contribution in [0.4, 0.5) is 4.79 Å². The lowest BCUT2D eigenvalue weighted by atomic mass is 9.90. The van der Waals surface area contributed by atoms with E-state index in [0.29, 0.717) is 0 Å². The van der Waals surface area contributed by atoms with E-state index in [2.05, 4.69) is 57.4 Å². The van der Waals surface area contributed by atoms with Gasteiger partial charge >= 0.3 is 6.09 Å². The lowest BCUT2D eigenvalue weighted by Gasteiger charge is -2.26. The molecule has 6 nitrogen and oxygen atoms in total. The second kappa shape index (κ2) is 7.62. The number of nitrogens with zero attached hydrogens (tertiary/aromatic N) is 3. The van der Waals surface area contributed by atoms with Crippen LogP contribution in [0.1, 0.15) is 65.5 Å². The van der Waals surface area contributed by atoms with Crippen molar-refractivity contribution in [1.82, 2.24) is 20.1 Å². The van der Waals surface area contributed by atoms with Crippen LogP contribution in [0, 0.1) is 6.20 Å². The number of fused-ring (bicyclic) bond motifs is 1. The Kier molecular flexibility index (Phi) is 5.60. The van der Waals surface area contributed by atoms with Gasteiger partial charge in [-0.3, -0.25) is 9.67 Å². The van der Waals surface area contributed by atoms with E-state index in [0.717, 1.165) is 40.3 Å². The van der Waals surface area contributed by atoms with Gasteiger partial charge in [0.1, 0.15) is 16.4 Å². The summed E-state index contributed by atoms with van der Waals surface area (Å²) in [4.78, 5) is 16.3. The number of pyridine rings is 1. The largest absolute Gasteiger partial charge is 0.444 e. The third-order valence-corrected chi connectivity index (χ3v) is 5.01. The second-order valence-electron chi connectivity index (χ2n) is 8.18. The van der Waals surface area contributed by atoms with E-state index < -0.39 is 5.60 Å². The van der Waals surface area contributed by atoms with Crippen molar-refractivity contribution in [1.29, 1.82) is 0 Å². The molecule has 1 N–H and O–H groups in total. The summed E-state index contributed by atoms with van der Waals surface area (Å²) in [5.41, 5.74) is 2.89. The molecule has 1 aliphatic carbocycles. The average molecular weight is 434 g/mol. The molecule has 0 aromatic carbocycles. The summed E-state index contributed by atoms with van der Waals surface area (Å²) in [6.45, 7) is 9.82. The number of halogens is 1. The fourth-order valence-electron chi connectivity index (χ4n) is 3.28. The van der Waals surface area contributed by atoms with E-state index in [1.54, 1.807) is 0 Å². The predicted molar refractivity (Wildman–Crippen MR) is 109 cm³/mol. The molecule has 0 bridgehead atoms. The van der Waals surface area contributed by atoms with Crippen molar-refractivity contribution in [2.45, 2.75) is 71.6 Å². The molecule has 1 amide bonds. The molecule has 0 saturated carbocycles. The first kappa shape index (κ1) is 19.9. The number of alkyl carbamates (subject to hydrolysis) is 1. The summed E-state index contributed by atoms with van der Waals surface area (Å²) in [5, 5.41) is 8.46. The molecule has 0 fully saturated rings. The van der Waals surface area contributed by atoms with E-state index in [1.165, 1.54) is 5.57 Å². The van der Waals surface area contributed by atoms with Crippen LogP contribution < -0.4 is 5.32 Å². The van der Waals surface area contributed by atoms with Crippen molar-refractivity contribution in [3.63, 3.8) is 0 Å². The zero-order chi connectivity index (χ0) is 19.8. The lowest BCUT2D eigenvalue weighted by molar-refractivity contribution is 0.0502. The van der Waals surface area contributed by atoms with Crippen LogP contribution in [0.2, 0.25) is 0 Å². The molecule has 3 rings (SSSR count). The van der Waals surface area contributed by atoms with Gasteiger partial charge in [-0.15, -0.1) is 0 Å². The van der Waals surface area contributed by atoms with Gasteiger partial charge in [0, 0.05) is 23.8 Å². The second-order valence-corrected chi connectivity index (χ2v) is 8.93. The van der Waals surface area contributed by atoms with E-state index in [-0.39, 0.29) is 18.2 Å². The first-order valence-electron chi connectivity index (χ1n) is 9.29. The number of allylic oxidation sites excluding steroid dienone is 1. The third kappa shape index (κ3) is 4.51. The molecular weight excluding hydrogens is 408 g/mol. The number of carbonyl (C=O) groups excluding carboxylic acids is 1. The normalized spacial score (nSPS) is 17.9. The zero-order valence-corrected chi connectivity index (χ0v) is 18.1. The van der Waals surface area contributed by atoms with E-state index in [1.807, 2.05) is 31.6 Å². The van der Waals surface area contributed by atoms with Gasteiger partial charge in [0.15, 0.2) is 0 Å². The molecule has 2 aromatic rings. The Morgan fingerprint density at radius 3 is 2.78 bits per heavy atom.